The first kappa shape index (κ1) is 125. The van der Waals surface area contributed by atoms with E-state index in [0.717, 1.165) is 185 Å². The summed E-state index contributed by atoms with van der Waals surface area (Å²) in [6, 6.07) is 26.1. The van der Waals surface area contributed by atoms with Crippen molar-refractivity contribution in [2.45, 2.75) is 281 Å². The Morgan fingerprint density at radius 3 is 1.11 bits per heavy atom. The van der Waals surface area contributed by atoms with Crippen LogP contribution in [0.15, 0.2) is 97.3 Å². The van der Waals surface area contributed by atoms with E-state index in [2.05, 4.69) is 44.9 Å². The number of likely N-dealkylation sites (tertiary alicyclic amines) is 3. The topological polar surface area (TPSA) is 460 Å². The Balaban J connectivity index is -0.000000700. The zero-order valence-corrected chi connectivity index (χ0v) is 81.7. The van der Waals surface area contributed by atoms with Crippen molar-refractivity contribution in [3.8, 4) is 17.2 Å². The first-order chi connectivity index (χ1) is 58.7. The van der Waals surface area contributed by atoms with Gasteiger partial charge in [0.25, 0.3) is 5.97 Å². The molecule has 3 amide bonds. The zero-order valence-electron chi connectivity index (χ0n) is 79.7. The van der Waals surface area contributed by atoms with Crippen LogP contribution in [0.2, 0.25) is 0 Å². The van der Waals surface area contributed by atoms with Gasteiger partial charge in [0, 0.05) is 85.5 Å². The number of nitrogens with zero attached hydrogens (tertiary/aromatic N) is 4. The number of piperidine rings is 4. The van der Waals surface area contributed by atoms with Crippen molar-refractivity contribution in [2.24, 2.45) is 23.7 Å². The molecule has 127 heavy (non-hydrogen) atoms. The number of hydrogen-bond donors (Lipinski definition) is 8. The third kappa shape index (κ3) is 72.9. The number of aliphatic hydroxyl groups excluding tert-OH is 4. The predicted octanol–water partition coefficient (Wildman–Crippen LogP) is 13.3. The second-order valence-corrected chi connectivity index (χ2v) is 35.1. The van der Waals surface area contributed by atoms with E-state index in [1.54, 1.807) is 94.1 Å². The van der Waals surface area contributed by atoms with E-state index < -0.39 is 52.3 Å². The number of ether oxygens (including phenoxy) is 9. The van der Waals surface area contributed by atoms with E-state index in [1.165, 1.54) is 56.7 Å². The summed E-state index contributed by atoms with van der Waals surface area (Å²) in [5, 5.41) is 61.5. The summed E-state index contributed by atoms with van der Waals surface area (Å²) < 4.78 is 46.1. The monoisotopic (exact) mass is 1810 g/mol. The number of carbonyl (C=O) groups is 8. The number of pyridine rings is 1. The minimum Gasteiger partial charge on any atom is -0.870 e. The Bertz CT molecular complexity index is 3570. The van der Waals surface area contributed by atoms with Crippen molar-refractivity contribution in [3.05, 3.63) is 120 Å². The number of carboxylic acids is 2. The average Bonchev–Trinajstić information content (AvgIpc) is 0.873. The number of phenolic OH excluding ortho intramolecular Hbond substituents is 1. The van der Waals surface area contributed by atoms with E-state index in [9.17, 15) is 33.6 Å². The fourth-order valence-corrected chi connectivity index (χ4v) is 12.4. The molecule has 4 saturated heterocycles. The van der Waals surface area contributed by atoms with Crippen molar-refractivity contribution in [1.29, 1.82) is 0 Å². The quantitative estimate of drug-likeness (QED) is 0.0106. The molecule has 8 rings (SSSR count). The van der Waals surface area contributed by atoms with Crippen LogP contribution in [0.4, 0.5) is 24.0 Å². The third-order valence-electron chi connectivity index (χ3n) is 18.2. The van der Waals surface area contributed by atoms with Gasteiger partial charge in [-0.3, -0.25) is 19.4 Å². The number of methoxy groups -OCH3 is 1. The molecule has 0 spiro atoms. The van der Waals surface area contributed by atoms with Crippen LogP contribution < -0.4 is 44.3 Å². The van der Waals surface area contributed by atoms with Crippen LogP contribution in [0.5, 0.6) is 17.2 Å². The molecule has 4 aliphatic rings. The SMILES string of the molecule is CC(=O)O.CC(C)(C)OC(=O)N1CCC(CCCO)CC1.CC(C)(C)OC(=O)N1CCC(CCCOc2cccc(CC(=O)O)c2)CC1.CC(C)(C)OC(=O)OC(=O)OC(C)(C)C.CCc1cccc(OCCCC2CCN(C(=O)OC(C)(C)C)CC2)c1.CO.COC(=O)Cc1cccc(O)c1.O=C=O.OCCCC1CCNCC1.OCCCc1ccncc1.[Na+].[OH-]. The molecule has 1 aromatic heterocycles. The van der Waals surface area contributed by atoms with Gasteiger partial charge >= 0.3 is 78.2 Å². The Labute approximate surface area is 777 Å². The van der Waals surface area contributed by atoms with Crippen molar-refractivity contribution in [2.75, 3.05) is 99.6 Å². The fraction of sp³-hybridized carbons (Fsp3) is 0.660. The minimum absolute atomic E-state index is 0. The molecular weight excluding hydrogens is 1650 g/mol. The van der Waals surface area contributed by atoms with Crippen molar-refractivity contribution >= 4 is 54.6 Å². The van der Waals surface area contributed by atoms with Crippen LogP contribution in [-0.2, 0) is 82.8 Å². The number of carboxylic acid groups (broad SMARTS) is 2. The molecule has 0 aliphatic carbocycles. The Morgan fingerprint density at radius 1 is 0.465 bits per heavy atom. The molecule has 32 nitrogen and oxygen atoms in total. The van der Waals surface area contributed by atoms with Gasteiger partial charge in [-0.25, -0.2) is 24.0 Å². The molecule has 718 valence electrons. The van der Waals surface area contributed by atoms with Crippen molar-refractivity contribution in [1.82, 2.24) is 25.0 Å². The number of aliphatic carboxylic acids is 2. The summed E-state index contributed by atoms with van der Waals surface area (Å²) in [5.74, 6) is 2.69. The Morgan fingerprint density at radius 2 is 0.787 bits per heavy atom. The number of rotatable bonds is 24. The molecule has 0 unspecified atom stereocenters. The third-order valence-corrected chi connectivity index (χ3v) is 18.2. The van der Waals surface area contributed by atoms with Crippen LogP contribution in [0.25, 0.3) is 0 Å². The predicted molar refractivity (Wildman–Crippen MR) is 478 cm³/mol. The second-order valence-electron chi connectivity index (χ2n) is 35.1. The first-order valence-corrected chi connectivity index (χ1v) is 43.4. The van der Waals surface area contributed by atoms with Gasteiger partial charge < -0.3 is 104 Å². The van der Waals surface area contributed by atoms with Crippen LogP contribution in [0.1, 0.15) is 249 Å². The molecule has 0 bridgehead atoms. The number of aromatic hydroxyl groups is 1. The number of aromatic nitrogens is 1. The van der Waals surface area contributed by atoms with Crippen LogP contribution >= 0.6 is 0 Å². The summed E-state index contributed by atoms with van der Waals surface area (Å²) in [6.45, 7) is 39.6. The molecule has 4 fully saturated rings. The summed E-state index contributed by atoms with van der Waals surface area (Å²) in [6.07, 6.45) is 21.3. The molecule has 0 radical (unpaired) electrons. The number of nitrogens with one attached hydrogen (secondary N) is 1. The summed E-state index contributed by atoms with van der Waals surface area (Å²) >= 11 is 0. The maximum atomic E-state index is 12.1. The number of esters is 1. The molecule has 5 heterocycles. The minimum atomic E-state index is -1.06. The van der Waals surface area contributed by atoms with Gasteiger partial charge in [-0.2, -0.15) is 9.59 Å². The van der Waals surface area contributed by atoms with Crippen LogP contribution in [-0.4, -0.2) is 243 Å². The molecule has 9 N–H and O–H groups in total. The molecule has 4 aliphatic heterocycles. The van der Waals surface area contributed by atoms with E-state index in [0.29, 0.717) is 36.7 Å². The number of aryl methyl sites for hydroxylation is 2. The van der Waals surface area contributed by atoms with Crippen molar-refractivity contribution in [3.63, 3.8) is 0 Å². The second kappa shape index (κ2) is 71.2. The van der Waals surface area contributed by atoms with E-state index in [4.69, 9.17) is 83.3 Å². The summed E-state index contributed by atoms with van der Waals surface area (Å²) in [7, 11) is 2.34. The van der Waals surface area contributed by atoms with E-state index >= 15 is 0 Å². The number of carbonyl (C=O) groups excluding carboxylic acids is 8. The molecule has 0 saturated carbocycles. The number of aliphatic hydroxyl groups is 4. The van der Waals surface area contributed by atoms with E-state index in [1.807, 2.05) is 97.5 Å². The van der Waals surface area contributed by atoms with Gasteiger partial charge in [0.15, 0.2) is 0 Å². The smallest absolute Gasteiger partial charge is 0.870 e. The van der Waals surface area contributed by atoms with Gasteiger partial charge in [-0.05, 0) is 333 Å². The van der Waals surface area contributed by atoms with Gasteiger partial charge in [0.2, 0.25) is 0 Å². The van der Waals surface area contributed by atoms with Gasteiger partial charge in [-0.15, -0.1) is 0 Å². The number of phenols is 1. The molecule has 0 atom stereocenters. The van der Waals surface area contributed by atoms with E-state index in [-0.39, 0.29) is 97.2 Å². The maximum absolute atomic E-state index is 12.1. The largest absolute Gasteiger partial charge is 1.00 e. The Hall–Kier alpha value is -8.69. The summed E-state index contributed by atoms with van der Waals surface area (Å²) in [5.41, 5.74) is 1.38. The van der Waals surface area contributed by atoms with Gasteiger partial charge in [0.1, 0.15) is 45.3 Å². The number of amides is 3. The van der Waals surface area contributed by atoms with Crippen LogP contribution in [0.3, 0.4) is 0 Å². The molecular formula is C94H154N5NaO27. The normalized spacial score (nSPS) is 13.9. The van der Waals surface area contributed by atoms with Crippen LogP contribution in [0, 0.1) is 23.7 Å². The molecule has 3 aromatic carbocycles. The van der Waals surface area contributed by atoms with Gasteiger partial charge in [-0.1, -0.05) is 43.3 Å². The number of hydrogen-bond acceptors (Lipinski definition) is 27. The molecule has 33 heteroatoms. The fourth-order valence-electron chi connectivity index (χ4n) is 12.4. The number of benzene rings is 3. The van der Waals surface area contributed by atoms with Gasteiger partial charge in [0.05, 0.1) is 33.2 Å². The summed E-state index contributed by atoms with van der Waals surface area (Å²) in [4.78, 5) is 114. The Kier molecular flexibility index (Phi) is 69.8. The first-order valence-electron chi connectivity index (χ1n) is 43.4. The standard InChI is InChI=1S/C21H31NO5.C21H33NO3.C13H25NO3.C10H18O5.C9H10O3.C8H17NO.C8H11NO.C2H4O2.CO2.CH4O.Na.H2O/c1-21(2,3)27-20(25)22-11-9-16(10-12-22)7-5-13-26-18-8-4-6-17(14-18)15-19(23)24;1-5-17-8-6-10-19(16-17)24-15-7-9-18-11-13-22(14-12-18)20(23)25-21(2,3)4;1-13(2,3)17-12(16)14-8-6-11(7-9-14)5-4-10-15;1-9(2,3)14-7(11)13-8(12)15-10(4,5)6;1-12-9(11)6-7-3-2-4-8(10)5-7;2*10-7-1-2-8-3-5-9-6-4-8;1-2(3)4;2-1-3;1-2;;/h4,6,8,14,16H,5,7,9-13,15H2,1-3H3,(H,23,24);6,8,10,16,18H,5,7,9,11-15H2,1-4H3;11,15H,4-10H2,1-3H3;1-6H3;2-5,10H,6H2,1H3;8-10H,1-7H2;3-6,10H,1-2,7H2;1H3,(H,3,4);;2H,1H3;;1H2/q;;;;;;;;;;+1;/p-1. The zero-order chi connectivity index (χ0) is 95.0. The molecule has 4 aromatic rings. The maximum Gasteiger partial charge on any atom is 1.00 e. The average molecular weight is 1810 g/mol. The van der Waals surface area contributed by atoms with Crippen molar-refractivity contribution < 1.29 is 161 Å².